The molecule has 2 heterocycles. The standard InChI is InChI=1S/C36H42F2N2O3.C2H6/c37-33(38)23-40-19-14-30-22-31(43-25-27-4-2-1-3-5-27)10-11-32(30)34(40)28-6-8-29(9-7-28)35(42)39-20-17-36(18-21-39)15-12-26(24-41)13-16-36;1-2/h1-11,22,26,33-34,41H,12-21,23-25H2;1-2H3/t34-;/m1./s1. The van der Waals surface area contributed by atoms with Gasteiger partial charge in [0.1, 0.15) is 12.4 Å². The van der Waals surface area contributed by atoms with Crippen molar-refractivity contribution >= 4 is 5.91 Å². The molecule has 1 saturated heterocycles. The number of likely N-dealkylation sites (tertiary alicyclic amines) is 1. The summed E-state index contributed by atoms with van der Waals surface area (Å²) >= 11 is 0. The zero-order valence-electron chi connectivity index (χ0n) is 26.8. The lowest BCUT2D eigenvalue weighted by atomic mass is 9.65. The average Bonchev–Trinajstić information content (AvgIpc) is 3.09. The minimum Gasteiger partial charge on any atom is -0.489 e. The van der Waals surface area contributed by atoms with E-state index in [1.54, 1.807) is 0 Å². The summed E-state index contributed by atoms with van der Waals surface area (Å²) in [5.41, 5.74) is 5.08. The minimum atomic E-state index is -2.43. The Labute approximate surface area is 267 Å². The van der Waals surface area contributed by atoms with Gasteiger partial charge in [-0.05, 0) is 103 Å². The second kappa shape index (κ2) is 15.3. The number of piperidine rings is 1. The first-order chi connectivity index (χ1) is 21.9. The number of hydrogen-bond acceptors (Lipinski definition) is 4. The lowest BCUT2D eigenvalue weighted by Crippen LogP contribution is -2.44. The summed E-state index contributed by atoms with van der Waals surface area (Å²) in [6.45, 7) is 6.50. The van der Waals surface area contributed by atoms with E-state index in [1.165, 1.54) is 0 Å². The normalized spacial score (nSPS) is 20.0. The van der Waals surface area contributed by atoms with Gasteiger partial charge in [-0.2, -0.15) is 0 Å². The Morgan fingerprint density at radius 2 is 1.62 bits per heavy atom. The summed E-state index contributed by atoms with van der Waals surface area (Å²) in [5.74, 6) is 1.25. The summed E-state index contributed by atoms with van der Waals surface area (Å²) in [7, 11) is 0. The largest absolute Gasteiger partial charge is 0.489 e. The van der Waals surface area contributed by atoms with Crippen molar-refractivity contribution in [1.29, 1.82) is 0 Å². The molecule has 5 nitrogen and oxygen atoms in total. The van der Waals surface area contributed by atoms with Gasteiger partial charge >= 0.3 is 0 Å². The second-order valence-electron chi connectivity index (χ2n) is 12.7. The van der Waals surface area contributed by atoms with Gasteiger partial charge in [0, 0.05) is 31.8 Å². The van der Waals surface area contributed by atoms with Crippen LogP contribution in [0.4, 0.5) is 8.78 Å². The fourth-order valence-corrected chi connectivity index (χ4v) is 7.40. The predicted molar refractivity (Wildman–Crippen MR) is 175 cm³/mol. The van der Waals surface area contributed by atoms with Gasteiger partial charge in [-0.1, -0.05) is 62.4 Å². The van der Waals surface area contributed by atoms with Crippen molar-refractivity contribution in [1.82, 2.24) is 9.80 Å². The number of carbonyl (C=O) groups excluding carboxylic acids is 1. The highest BCUT2D eigenvalue weighted by molar-refractivity contribution is 5.94. The number of hydrogen-bond donors (Lipinski definition) is 1. The highest BCUT2D eigenvalue weighted by atomic mass is 19.3. The van der Waals surface area contributed by atoms with Crippen molar-refractivity contribution in [2.24, 2.45) is 11.3 Å². The molecule has 1 N–H and O–H groups in total. The average molecular weight is 619 g/mol. The zero-order chi connectivity index (χ0) is 31.8. The van der Waals surface area contributed by atoms with Crippen LogP contribution in [-0.4, -0.2) is 60.0 Å². The zero-order valence-corrected chi connectivity index (χ0v) is 26.8. The number of halogens is 2. The molecule has 242 valence electrons. The van der Waals surface area contributed by atoms with Crippen LogP contribution in [0.3, 0.4) is 0 Å². The van der Waals surface area contributed by atoms with Gasteiger partial charge in [0.05, 0.1) is 12.6 Å². The third-order valence-electron chi connectivity index (χ3n) is 10.1. The van der Waals surface area contributed by atoms with Crippen LogP contribution in [0.5, 0.6) is 5.75 Å². The van der Waals surface area contributed by atoms with E-state index in [2.05, 4.69) is 0 Å². The Hall–Kier alpha value is -3.29. The second-order valence-corrected chi connectivity index (χ2v) is 12.7. The number of amides is 1. The van der Waals surface area contributed by atoms with Crippen molar-refractivity contribution in [3.8, 4) is 5.75 Å². The quantitative estimate of drug-likeness (QED) is 0.279. The monoisotopic (exact) mass is 618 g/mol. The lowest BCUT2D eigenvalue weighted by Gasteiger charge is -2.45. The summed E-state index contributed by atoms with van der Waals surface area (Å²) in [4.78, 5) is 17.3. The van der Waals surface area contributed by atoms with Crippen molar-refractivity contribution in [2.45, 2.75) is 77.9 Å². The molecule has 45 heavy (non-hydrogen) atoms. The van der Waals surface area contributed by atoms with Gasteiger partial charge < -0.3 is 14.7 Å². The van der Waals surface area contributed by atoms with E-state index in [1.807, 2.05) is 96.4 Å². The smallest absolute Gasteiger partial charge is 0.253 e. The first kappa shape index (κ1) is 33.1. The van der Waals surface area contributed by atoms with Gasteiger partial charge in [-0.15, -0.1) is 0 Å². The van der Waals surface area contributed by atoms with Crippen LogP contribution >= 0.6 is 0 Å². The Morgan fingerprint density at radius 3 is 2.27 bits per heavy atom. The summed E-state index contributed by atoms with van der Waals surface area (Å²) in [5, 5.41) is 9.50. The van der Waals surface area contributed by atoms with Crippen molar-refractivity contribution < 1.29 is 23.4 Å². The third kappa shape index (κ3) is 7.93. The molecule has 1 aliphatic carbocycles. The molecule has 0 bridgehead atoms. The van der Waals surface area contributed by atoms with Crippen LogP contribution < -0.4 is 4.74 Å². The van der Waals surface area contributed by atoms with E-state index >= 15 is 0 Å². The highest BCUT2D eigenvalue weighted by Gasteiger charge is 2.39. The first-order valence-electron chi connectivity index (χ1n) is 16.7. The van der Waals surface area contributed by atoms with Gasteiger partial charge in [0.2, 0.25) is 0 Å². The fourth-order valence-electron chi connectivity index (χ4n) is 7.40. The number of nitrogens with zero attached hydrogens (tertiary/aromatic N) is 2. The predicted octanol–water partition coefficient (Wildman–Crippen LogP) is 7.91. The maximum atomic E-state index is 13.6. The van der Waals surface area contributed by atoms with Crippen molar-refractivity contribution in [3.63, 3.8) is 0 Å². The van der Waals surface area contributed by atoms with E-state index < -0.39 is 6.43 Å². The van der Waals surface area contributed by atoms with Crippen LogP contribution in [0.25, 0.3) is 0 Å². The van der Waals surface area contributed by atoms with Crippen LogP contribution in [0, 0.1) is 11.3 Å². The summed E-state index contributed by atoms with van der Waals surface area (Å²) in [6, 6.07) is 23.3. The molecule has 2 fully saturated rings. The van der Waals surface area contributed by atoms with Crippen molar-refractivity contribution in [2.75, 3.05) is 32.8 Å². The molecule has 3 aromatic rings. The molecule has 0 aromatic heterocycles. The van der Waals surface area contributed by atoms with Gasteiger partial charge in [0.15, 0.2) is 0 Å². The van der Waals surface area contributed by atoms with Crippen LogP contribution in [0.2, 0.25) is 0 Å². The lowest BCUT2D eigenvalue weighted by molar-refractivity contribution is 0.0338. The highest BCUT2D eigenvalue weighted by Crippen LogP contribution is 2.46. The van der Waals surface area contributed by atoms with Crippen LogP contribution in [-0.2, 0) is 13.0 Å². The molecule has 3 aromatic carbocycles. The third-order valence-corrected chi connectivity index (χ3v) is 10.1. The molecule has 0 unspecified atom stereocenters. The number of carbonyl (C=O) groups is 1. The van der Waals surface area contributed by atoms with Crippen molar-refractivity contribution in [3.05, 3.63) is 101 Å². The Morgan fingerprint density at radius 1 is 0.933 bits per heavy atom. The molecular formula is C38H48F2N2O3. The number of ether oxygens (including phenoxy) is 1. The molecule has 0 radical (unpaired) electrons. The number of fused-ring (bicyclic) bond motifs is 1. The molecule has 3 aliphatic rings. The van der Waals surface area contributed by atoms with E-state index in [0.717, 1.165) is 79.6 Å². The molecular weight excluding hydrogens is 570 g/mol. The maximum absolute atomic E-state index is 13.6. The maximum Gasteiger partial charge on any atom is 0.253 e. The minimum absolute atomic E-state index is 0.0409. The molecule has 1 atom stereocenters. The Bertz CT molecular complexity index is 1360. The van der Waals surface area contributed by atoms with E-state index in [9.17, 15) is 18.7 Å². The van der Waals surface area contributed by atoms with Gasteiger partial charge in [-0.3, -0.25) is 9.69 Å². The number of alkyl halides is 2. The molecule has 1 amide bonds. The van der Waals surface area contributed by atoms with E-state index in [0.29, 0.717) is 36.5 Å². The van der Waals surface area contributed by atoms with E-state index in [4.69, 9.17) is 4.74 Å². The van der Waals surface area contributed by atoms with Gasteiger partial charge in [-0.25, -0.2) is 8.78 Å². The molecule has 1 saturated carbocycles. The van der Waals surface area contributed by atoms with Crippen LogP contribution in [0.1, 0.15) is 91.0 Å². The number of rotatable bonds is 8. The Balaban J connectivity index is 0.00000196. The summed E-state index contributed by atoms with van der Waals surface area (Å²) < 4.78 is 33.3. The van der Waals surface area contributed by atoms with Crippen LogP contribution in [0.15, 0.2) is 72.8 Å². The number of aliphatic hydroxyl groups is 1. The van der Waals surface area contributed by atoms with E-state index in [-0.39, 0.29) is 25.1 Å². The number of aliphatic hydroxyl groups excluding tert-OH is 1. The molecule has 6 rings (SSSR count). The SMILES string of the molecule is CC.O=C(c1ccc([C@@H]2c3ccc(OCc4ccccc4)cc3CCN2CC(F)F)cc1)N1CCC2(CCC(CO)CC2)CC1. The first-order valence-corrected chi connectivity index (χ1v) is 16.7. The molecule has 2 aliphatic heterocycles. The Kier molecular flexibility index (Phi) is 11.3. The summed E-state index contributed by atoms with van der Waals surface area (Å²) in [6.07, 6.45) is 4.75. The van der Waals surface area contributed by atoms with Gasteiger partial charge in [0.25, 0.3) is 12.3 Å². The fraction of sp³-hybridized carbons (Fsp3) is 0.500. The number of benzene rings is 3. The topological polar surface area (TPSA) is 53.0 Å². The molecule has 1 spiro atoms. The molecule has 7 heteroatoms.